The first-order valence-corrected chi connectivity index (χ1v) is 6.19. The van der Waals surface area contributed by atoms with Crippen LogP contribution in [0.5, 0.6) is 0 Å². The predicted octanol–water partition coefficient (Wildman–Crippen LogP) is 3.27. The molecular weight excluding hydrogens is 261 g/mol. The van der Waals surface area contributed by atoms with Gasteiger partial charge in [-0.15, -0.1) is 0 Å². The van der Waals surface area contributed by atoms with Crippen LogP contribution < -0.4 is 10.6 Å². The first kappa shape index (κ1) is 14.4. The molecule has 4 nitrogen and oxygen atoms in total. The van der Waals surface area contributed by atoms with E-state index in [1.165, 1.54) is 0 Å². The Morgan fingerprint density at radius 1 is 1.29 bits per heavy atom. The van der Waals surface area contributed by atoms with Crippen LogP contribution in [0.15, 0.2) is 6.07 Å². The first-order chi connectivity index (χ1) is 8.04. The number of nitrogens with zero attached hydrogens (tertiary/aromatic N) is 1. The van der Waals surface area contributed by atoms with E-state index in [4.69, 9.17) is 27.9 Å². The number of rotatable bonds is 6. The molecule has 0 aliphatic carbocycles. The Morgan fingerprint density at radius 2 is 1.94 bits per heavy atom. The third kappa shape index (κ3) is 4.58. The molecule has 0 aliphatic rings. The molecule has 96 valence electrons. The Morgan fingerprint density at radius 3 is 2.53 bits per heavy atom. The van der Waals surface area contributed by atoms with Gasteiger partial charge in [0, 0.05) is 13.6 Å². The van der Waals surface area contributed by atoms with Crippen molar-refractivity contribution in [3.63, 3.8) is 0 Å². The molecule has 1 aromatic rings. The zero-order valence-electron chi connectivity index (χ0n) is 10.2. The number of halogens is 2. The van der Waals surface area contributed by atoms with Crippen molar-refractivity contribution in [1.29, 1.82) is 0 Å². The van der Waals surface area contributed by atoms with Gasteiger partial charge in [-0.05, 0) is 19.9 Å². The molecule has 0 saturated carbocycles. The first-order valence-electron chi connectivity index (χ1n) is 5.44. The summed E-state index contributed by atoms with van der Waals surface area (Å²) in [5.74, 6) is 1.20. The van der Waals surface area contributed by atoms with E-state index in [1.807, 2.05) is 13.8 Å². The highest BCUT2D eigenvalue weighted by Gasteiger charge is 2.07. The molecule has 17 heavy (non-hydrogen) atoms. The van der Waals surface area contributed by atoms with Crippen molar-refractivity contribution in [1.82, 2.24) is 4.98 Å². The minimum Gasteiger partial charge on any atom is -0.377 e. The quantitative estimate of drug-likeness (QED) is 0.784. The monoisotopic (exact) mass is 277 g/mol. The second kappa shape index (κ2) is 6.89. The summed E-state index contributed by atoms with van der Waals surface area (Å²) in [6, 6.07) is 1.66. The van der Waals surface area contributed by atoms with Crippen LogP contribution in [0.3, 0.4) is 0 Å². The summed E-state index contributed by atoms with van der Waals surface area (Å²) in [6.07, 6.45) is 0.221. The van der Waals surface area contributed by atoms with Gasteiger partial charge >= 0.3 is 0 Å². The highest BCUT2D eigenvalue weighted by molar-refractivity contribution is 6.37. The Balaban J connectivity index is 2.58. The van der Waals surface area contributed by atoms with E-state index in [2.05, 4.69) is 15.6 Å². The summed E-state index contributed by atoms with van der Waals surface area (Å²) in [5, 5.41) is 7.00. The number of aromatic nitrogens is 1. The van der Waals surface area contributed by atoms with E-state index in [-0.39, 0.29) is 6.10 Å². The summed E-state index contributed by atoms with van der Waals surface area (Å²) in [4.78, 5) is 4.27. The molecule has 1 aromatic heterocycles. The van der Waals surface area contributed by atoms with Crippen molar-refractivity contribution in [3.05, 3.63) is 16.1 Å². The van der Waals surface area contributed by atoms with Gasteiger partial charge in [0.15, 0.2) is 0 Å². The Hall–Kier alpha value is -0.710. The minimum absolute atomic E-state index is 0.221. The third-order valence-electron chi connectivity index (χ3n) is 2.01. The molecule has 0 saturated heterocycles. The highest BCUT2D eigenvalue weighted by atomic mass is 35.5. The van der Waals surface area contributed by atoms with Crippen molar-refractivity contribution in [2.45, 2.75) is 20.0 Å². The molecule has 1 heterocycles. The fourth-order valence-electron chi connectivity index (χ4n) is 1.23. The lowest BCUT2D eigenvalue weighted by atomic mass is 10.4. The van der Waals surface area contributed by atoms with Crippen LogP contribution >= 0.6 is 23.2 Å². The third-order valence-corrected chi connectivity index (χ3v) is 2.59. The van der Waals surface area contributed by atoms with E-state index in [9.17, 15) is 0 Å². The van der Waals surface area contributed by atoms with Gasteiger partial charge in [0.2, 0.25) is 0 Å². The number of anilines is 2. The maximum Gasteiger partial charge on any atom is 0.147 e. The molecule has 2 N–H and O–H groups in total. The number of ether oxygens (including phenoxy) is 1. The maximum atomic E-state index is 6.02. The van der Waals surface area contributed by atoms with Gasteiger partial charge in [-0.3, -0.25) is 0 Å². The molecule has 0 unspecified atom stereocenters. The molecule has 0 atom stereocenters. The average molecular weight is 278 g/mol. The minimum atomic E-state index is 0.221. The molecule has 0 aliphatic heterocycles. The lowest BCUT2D eigenvalue weighted by Crippen LogP contribution is -2.14. The summed E-state index contributed by atoms with van der Waals surface area (Å²) >= 11 is 12.0. The lowest BCUT2D eigenvalue weighted by Gasteiger charge is -2.12. The number of hydrogen-bond acceptors (Lipinski definition) is 4. The highest BCUT2D eigenvalue weighted by Crippen LogP contribution is 2.28. The van der Waals surface area contributed by atoms with Crippen molar-refractivity contribution < 1.29 is 4.74 Å². The van der Waals surface area contributed by atoms with Crippen LogP contribution in [-0.4, -0.2) is 31.3 Å². The van der Waals surface area contributed by atoms with Crippen LogP contribution in [0.2, 0.25) is 10.0 Å². The molecular formula is C11H17Cl2N3O. The largest absolute Gasteiger partial charge is 0.377 e. The average Bonchev–Trinajstić information content (AvgIpc) is 2.26. The Bertz CT molecular complexity index is 372. The van der Waals surface area contributed by atoms with Crippen molar-refractivity contribution in [2.75, 3.05) is 30.8 Å². The van der Waals surface area contributed by atoms with E-state index in [0.29, 0.717) is 34.8 Å². The van der Waals surface area contributed by atoms with E-state index >= 15 is 0 Å². The van der Waals surface area contributed by atoms with E-state index < -0.39 is 0 Å². The lowest BCUT2D eigenvalue weighted by molar-refractivity contribution is 0.0870. The van der Waals surface area contributed by atoms with E-state index in [1.54, 1.807) is 13.1 Å². The second-order valence-electron chi connectivity index (χ2n) is 3.75. The topological polar surface area (TPSA) is 46.2 Å². The van der Waals surface area contributed by atoms with Gasteiger partial charge < -0.3 is 15.4 Å². The molecule has 0 aromatic carbocycles. The van der Waals surface area contributed by atoms with E-state index in [0.717, 1.165) is 0 Å². The summed E-state index contributed by atoms with van der Waals surface area (Å²) in [5.41, 5.74) is 0. The van der Waals surface area contributed by atoms with Crippen molar-refractivity contribution in [2.24, 2.45) is 0 Å². The van der Waals surface area contributed by atoms with Gasteiger partial charge in [0.25, 0.3) is 0 Å². The summed E-state index contributed by atoms with van der Waals surface area (Å²) in [7, 11) is 1.76. The smallest absolute Gasteiger partial charge is 0.147 e. The van der Waals surface area contributed by atoms with Gasteiger partial charge in [-0.1, -0.05) is 23.2 Å². The molecule has 0 radical (unpaired) electrons. The van der Waals surface area contributed by atoms with Crippen molar-refractivity contribution in [3.8, 4) is 0 Å². The standard InChI is InChI=1S/C11H17Cl2N3O/c1-7(2)17-5-4-15-11-9(13)6-8(12)10(14-3)16-11/h6-7H,4-5H2,1-3H3,(H2,14,15,16). The molecule has 0 bridgehead atoms. The molecule has 0 fully saturated rings. The molecule has 0 spiro atoms. The van der Waals surface area contributed by atoms with Crippen molar-refractivity contribution >= 4 is 34.8 Å². The number of hydrogen-bond donors (Lipinski definition) is 2. The van der Waals surface area contributed by atoms with Crippen LogP contribution in [0.4, 0.5) is 11.6 Å². The maximum absolute atomic E-state index is 6.02. The fraction of sp³-hybridized carbons (Fsp3) is 0.545. The van der Waals surface area contributed by atoms with Gasteiger partial charge in [0.05, 0.1) is 22.8 Å². The number of pyridine rings is 1. The fourth-order valence-corrected chi connectivity index (χ4v) is 1.75. The summed E-state index contributed by atoms with van der Waals surface area (Å²) in [6.45, 7) is 5.24. The molecule has 1 rings (SSSR count). The zero-order chi connectivity index (χ0) is 12.8. The van der Waals surface area contributed by atoms with Gasteiger partial charge in [0.1, 0.15) is 11.6 Å². The number of nitrogens with one attached hydrogen (secondary N) is 2. The van der Waals surface area contributed by atoms with Crippen LogP contribution in [0, 0.1) is 0 Å². The van der Waals surface area contributed by atoms with Crippen LogP contribution in [0.1, 0.15) is 13.8 Å². The van der Waals surface area contributed by atoms with Gasteiger partial charge in [-0.25, -0.2) is 4.98 Å². The van der Waals surface area contributed by atoms with Crippen LogP contribution in [-0.2, 0) is 4.74 Å². The Labute approximate surface area is 112 Å². The Kier molecular flexibility index (Phi) is 5.82. The molecule has 6 heteroatoms. The summed E-state index contributed by atoms with van der Waals surface area (Å²) < 4.78 is 5.41. The predicted molar refractivity (Wildman–Crippen MR) is 73.4 cm³/mol. The van der Waals surface area contributed by atoms with Gasteiger partial charge in [-0.2, -0.15) is 0 Å². The SMILES string of the molecule is CNc1nc(NCCOC(C)C)c(Cl)cc1Cl. The zero-order valence-corrected chi connectivity index (χ0v) is 11.7. The normalized spacial score (nSPS) is 10.7. The van der Waals surface area contributed by atoms with Crippen LogP contribution in [0.25, 0.3) is 0 Å². The molecule has 0 amide bonds. The second-order valence-corrected chi connectivity index (χ2v) is 4.56.